The fraction of sp³-hybridized carbons (Fsp3) is 0.739. The summed E-state index contributed by atoms with van der Waals surface area (Å²) in [6, 6.07) is 0. The van der Waals surface area contributed by atoms with E-state index in [1.807, 2.05) is 13.8 Å². The summed E-state index contributed by atoms with van der Waals surface area (Å²) in [5.41, 5.74) is -0.182. The molecule has 0 fully saturated rings. The predicted molar refractivity (Wildman–Crippen MR) is 118 cm³/mol. The summed E-state index contributed by atoms with van der Waals surface area (Å²) in [5, 5.41) is 0. The van der Waals surface area contributed by atoms with Crippen molar-refractivity contribution in [1.82, 2.24) is 0 Å². The second-order valence-electron chi connectivity index (χ2n) is 8.39. The molecule has 0 aromatic rings. The van der Waals surface area contributed by atoms with Gasteiger partial charge in [0, 0.05) is 17.6 Å². The van der Waals surface area contributed by atoms with Crippen molar-refractivity contribution in [1.29, 1.82) is 0 Å². The smallest absolute Gasteiger partial charge is 0.330 e. The summed E-state index contributed by atoms with van der Waals surface area (Å²) < 4.78 is 32.9. The first-order chi connectivity index (χ1) is 14.5. The third kappa shape index (κ3) is 16.6. The maximum atomic E-state index is 11.1. The normalized spacial score (nSPS) is 15.4. The summed E-state index contributed by atoms with van der Waals surface area (Å²) in [4.78, 5) is 22.3. The van der Waals surface area contributed by atoms with Gasteiger partial charge in [-0.05, 0) is 27.7 Å². The molecular weight excluding hydrogens is 404 g/mol. The molecule has 8 nitrogen and oxygen atoms in total. The Balaban J connectivity index is 3.94. The first-order valence-corrected chi connectivity index (χ1v) is 10.5. The van der Waals surface area contributed by atoms with Crippen LogP contribution >= 0.6 is 0 Å². The lowest BCUT2D eigenvalue weighted by Gasteiger charge is -2.26. The molecule has 0 amide bonds. The summed E-state index contributed by atoms with van der Waals surface area (Å²) in [7, 11) is 0. The minimum Gasteiger partial charge on any atom is -0.457 e. The Bertz CT molecular complexity index is 500. The van der Waals surface area contributed by atoms with Crippen LogP contribution in [0.5, 0.6) is 0 Å². The summed E-state index contributed by atoms with van der Waals surface area (Å²) in [5.74, 6) is -0.931. The summed E-state index contributed by atoms with van der Waals surface area (Å²) in [6.45, 7) is 20.6. The van der Waals surface area contributed by atoms with Crippen molar-refractivity contribution in [2.24, 2.45) is 5.41 Å². The molecule has 0 saturated heterocycles. The van der Waals surface area contributed by atoms with Gasteiger partial charge < -0.3 is 28.4 Å². The SMILES string of the molecule is C=CC(=O)OC(C)COC(C)COCC(C)(C)COCC(C)OCC(C)OC(=O)C=C. The number of carbonyl (C=O) groups excluding carboxylic acids is 2. The highest BCUT2D eigenvalue weighted by Crippen LogP contribution is 2.16. The highest BCUT2D eigenvalue weighted by Gasteiger charge is 2.20. The maximum Gasteiger partial charge on any atom is 0.330 e. The molecule has 0 aromatic carbocycles. The Morgan fingerprint density at radius 3 is 1.39 bits per heavy atom. The van der Waals surface area contributed by atoms with Crippen molar-refractivity contribution < 1.29 is 38.0 Å². The molecule has 180 valence electrons. The van der Waals surface area contributed by atoms with Crippen molar-refractivity contribution in [2.75, 3.05) is 39.6 Å². The molecule has 0 radical (unpaired) electrons. The predicted octanol–water partition coefficient (Wildman–Crippen LogP) is 3.09. The lowest BCUT2D eigenvalue weighted by atomic mass is 9.96. The van der Waals surface area contributed by atoms with Crippen LogP contribution in [0.15, 0.2) is 25.3 Å². The molecule has 0 heterocycles. The molecule has 0 aliphatic heterocycles. The molecule has 0 aliphatic rings. The third-order valence-corrected chi connectivity index (χ3v) is 3.89. The number of carbonyl (C=O) groups is 2. The van der Waals surface area contributed by atoms with Crippen molar-refractivity contribution >= 4 is 11.9 Å². The highest BCUT2D eigenvalue weighted by atomic mass is 16.6. The molecule has 0 N–H and O–H groups in total. The average molecular weight is 445 g/mol. The zero-order valence-electron chi connectivity index (χ0n) is 19.9. The van der Waals surface area contributed by atoms with Gasteiger partial charge in [0.05, 0.1) is 51.8 Å². The van der Waals surface area contributed by atoms with Gasteiger partial charge in [-0.2, -0.15) is 0 Å². The van der Waals surface area contributed by atoms with E-state index in [0.717, 1.165) is 12.2 Å². The van der Waals surface area contributed by atoms with Crippen LogP contribution < -0.4 is 0 Å². The number of ether oxygens (including phenoxy) is 6. The van der Waals surface area contributed by atoms with E-state index in [1.165, 1.54) is 0 Å². The number of rotatable bonds is 18. The van der Waals surface area contributed by atoms with Gasteiger partial charge in [0.15, 0.2) is 0 Å². The monoisotopic (exact) mass is 444 g/mol. The van der Waals surface area contributed by atoms with Crippen LogP contribution in [0.3, 0.4) is 0 Å². The zero-order valence-corrected chi connectivity index (χ0v) is 19.9. The van der Waals surface area contributed by atoms with E-state index in [-0.39, 0.29) is 29.8 Å². The first kappa shape index (κ1) is 29.3. The summed E-state index contributed by atoms with van der Waals surface area (Å²) >= 11 is 0. The molecule has 0 spiro atoms. The highest BCUT2D eigenvalue weighted by molar-refractivity contribution is 5.81. The van der Waals surface area contributed by atoms with E-state index < -0.39 is 11.9 Å². The summed E-state index contributed by atoms with van der Waals surface area (Å²) in [6.07, 6.45) is 1.29. The molecule has 0 aromatic heterocycles. The fourth-order valence-electron chi connectivity index (χ4n) is 2.30. The molecule has 0 bridgehead atoms. The topological polar surface area (TPSA) is 89.5 Å². The van der Waals surface area contributed by atoms with Gasteiger partial charge >= 0.3 is 11.9 Å². The Morgan fingerprint density at radius 2 is 1.06 bits per heavy atom. The third-order valence-electron chi connectivity index (χ3n) is 3.89. The van der Waals surface area contributed by atoms with Crippen molar-refractivity contribution in [3.8, 4) is 0 Å². The molecule has 8 heteroatoms. The van der Waals surface area contributed by atoms with Crippen LogP contribution in [0, 0.1) is 5.41 Å². The second kappa shape index (κ2) is 16.0. The molecular formula is C23H40O8. The lowest BCUT2D eigenvalue weighted by molar-refractivity contribution is -0.147. The first-order valence-electron chi connectivity index (χ1n) is 10.5. The van der Waals surface area contributed by atoms with E-state index in [9.17, 15) is 9.59 Å². The number of hydrogen-bond acceptors (Lipinski definition) is 8. The van der Waals surface area contributed by atoms with Crippen LogP contribution in [0.25, 0.3) is 0 Å². The lowest BCUT2D eigenvalue weighted by Crippen LogP contribution is -2.31. The molecule has 0 aliphatic carbocycles. The van der Waals surface area contributed by atoms with Crippen molar-refractivity contribution in [2.45, 2.75) is 66.0 Å². The maximum absolute atomic E-state index is 11.1. The van der Waals surface area contributed by atoms with Gasteiger partial charge in [-0.25, -0.2) is 9.59 Å². The molecule has 4 atom stereocenters. The zero-order chi connectivity index (χ0) is 23.9. The van der Waals surface area contributed by atoms with E-state index in [1.54, 1.807) is 13.8 Å². The second-order valence-corrected chi connectivity index (χ2v) is 8.39. The van der Waals surface area contributed by atoms with Crippen LogP contribution in [-0.4, -0.2) is 76.0 Å². The van der Waals surface area contributed by atoms with Gasteiger partial charge in [0.2, 0.25) is 0 Å². The van der Waals surface area contributed by atoms with Gasteiger partial charge in [-0.1, -0.05) is 27.0 Å². The molecule has 0 rings (SSSR count). The number of hydrogen-bond donors (Lipinski definition) is 0. The van der Waals surface area contributed by atoms with E-state index in [0.29, 0.717) is 39.6 Å². The molecule has 4 unspecified atom stereocenters. The Morgan fingerprint density at radius 1 is 0.710 bits per heavy atom. The van der Waals surface area contributed by atoms with E-state index in [4.69, 9.17) is 28.4 Å². The molecule has 31 heavy (non-hydrogen) atoms. The van der Waals surface area contributed by atoms with Crippen LogP contribution in [0.2, 0.25) is 0 Å². The van der Waals surface area contributed by atoms with Crippen molar-refractivity contribution in [3.05, 3.63) is 25.3 Å². The quantitative estimate of drug-likeness (QED) is 0.235. The van der Waals surface area contributed by atoms with Gasteiger partial charge in [0.1, 0.15) is 12.2 Å². The largest absolute Gasteiger partial charge is 0.457 e. The average Bonchev–Trinajstić information content (AvgIpc) is 2.70. The van der Waals surface area contributed by atoms with Crippen LogP contribution in [0.4, 0.5) is 0 Å². The minimum absolute atomic E-state index is 0.132. The Hall–Kier alpha value is -1.74. The van der Waals surface area contributed by atoms with Crippen molar-refractivity contribution in [3.63, 3.8) is 0 Å². The van der Waals surface area contributed by atoms with Gasteiger partial charge in [-0.3, -0.25) is 0 Å². The Labute approximate surface area is 186 Å². The standard InChI is InChI=1S/C23H40O8/c1-9-21(24)30-19(5)13-28-17(3)11-26-15-23(7,8)16-27-12-18(4)29-14-20(6)31-22(25)10-2/h9-10,17-20H,1-2,11-16H2,3-8H3. The van der Waals surface area contributed by atoms with Crippen LogP contribution in [-0.2, 0) is 38.0 Å². The minimum atomic E-state index is -0.466. The fourth-order valence-corrected chi connectivity index (χ4v) is 2.30. The van der Waals surface area contributed by atoms with E-state index >= 15 is 0 Å². The van der Waals surface area contributed by atoms with Crippen LogP contribution in [0.1, 0.15) is 41.5 Å². The van der Waals surface area contributed by atoms with E-state index in [2.05, 4.69) is 27.0 Å². The number of esters is 2. The van der Waals surface area contributed by atoms with Gasteiger partial charge in [0.25, 0.3) is 0 Å². The van der Waals surface area contributed by atoms with Gasteiger partial charge in [-0.15, -0.1) is 0 Å². The Kier molecular flexibility index (Phi) is 15.1. The molecule has 0 saturated carbocycles.